The smallest absolute Gasteiger partial charge is 0.493 e. The number of nitro groups is 1. The zero-order valence-corrected chi connectivity index (χ0v) is 2.62. The van der Waals surface area contributed by atoms with E-state index in [2.05, 4.69) is 0 Å². The molecule has 0 spiro atoms. The monoisotopic (exact) mass is 88.0 g/mol. The molecule has 0 aromatic heterocycles. The molecule has 5 nitrogen and oxygen atoms in total. The Labute approximate surface area is 32.7 Å². The van der Waals surface area contributed by atoms with Crippen molar-refractivity contribution >= 4 is 0 Å². The van der Waals surface area contributed by atoms with Crippen LogP contribution in [0.1, 0.15) is 0 Å². The molecule has 32 valence electrons. The lowest BCUT2D eigenvalue weighted by Gasteiger charge is -1.54. The van der Waals surface area contributed by atoms with E-state index in [-0.39, 0.29) is 0 Å². The maximum atomic E-state index is 9.00. The third-order valence-electron chi connectivity index (χ3n) is 0.122. The van der Waals surface area contributed by atoms with Crippen molar-refractivity contribution in [1.29, 1.82) is 0 Å². The average molecular weight is 88.0 g/mol. The normalized spacial score (nSPS) is 5.33. The van der Waals surface area contributed by atoms with Crippen LogP contribution in [0.5, 0.6) is 0 Å². The van der Waals surface area contributed by atoms with Gasteiger partial charge in [-0.05, 0) is 0 Å². The third-order valence-corrected chi connectivity index (χ3v) is 0.122. The molecule has 5 heteroatoms. The lowest BCUT2D eigenvalue weighted by atomic mass is 11.4. The summed E-state index contributed by atoms with van der Waals surface area (Å²) in [5.74, 6) is 0. The Bertz CT molecular complexity index is 108. The SMILES string of the molecule is O=[N+]([O-])C#[N+][O-]. The molecule has 0 atom stereocenters. The maximum absolute atomic E-state index is 9.00. The van der Waals surface area contributed by atoms with E-state index in [1.807, 2.05) is 0 Å². The molecule has 0 saturated heterocycles. The minimum absolute atomic E-state index is 1.00. The first-order chi connectivity index (χ1) is 2.77. The zero-order chi connectivity index (χ0) is 4.99. The van der Waals surface area contributed by atoms with Crippen LogP contribution in [0, 0.1) is 21.5 Å². The Balaban J connectivity index is 3.50. The summed E-state index contributed by atoms with van der Waals surface area (Å²) in [7, 11) is 0. The van der Waals surface area contributed by atoms with Gasteiger partial charge >= 0.3 is 6.19 Å². The molecule has 0 fully saturated rings. The van der Waals surface area contributed by atoms with Gasteiger partial charge < -0.3 is 5.21 Å². The number of rotatable bonds is 0. The van der Waals surface area contributed by atoms with Gasteiger partial charge in [-0.3, -0.25) is 0 Å². The Morgan fingerprint density at radius 1 is 1.83 bits per heavy atom. The molecule has 0 N–H and O–H groups in total. The van der Waals surface area contributed by atoms with E-state index in [1.54, 1.807) is 5.01 Å². The van der Waals surface area contributed by atoms with Crippen molar-refractivity contribution < 1.29 is 4.92 Å². The molecule has 0 aliphatic carbocycles. The van der Waals surface area contributed by atoms with Crippen LogP contribution in [-0.2, 0) is 0 Å². The van der Waals surface area contributed by atoms with E-state index in [0.717, 1.165) is 6.19 Å². The van der Waals surface area contributed by atoms with Gasteiger partial charge in [0.1, 0.15) is 0 Å². The minimum atomic E-state index is -1.05. The summed E-state index contributed by atoms with van der Waals surface area (Å²) < 4.78 is 0. The van der Waals surface area contributed by atoms with Gasteiger partial charge in [0, 0.05) is 0 Å². The highest BCUT2D eigenvalue weighted by Gasteiger charge is 1.91. The molecule has 0 aromatic carbocycles. The predicted octanol–water partition coefficient (Wildman–Crippen LogP) is 0.0513. The first-order valence-electron chi connectivity index (χ1n) is 0.995. The van der Waals surface area contributed by atoms with E-state index in [9.17, 15) is 0 Å². The number of hydrogen-bond donors (Lipinski definition) is 0. The summed E-state index contributed by atoms with van der Waals surface area (Å²) >= 11 is 0. The second-order valence-electron chi connectivity index (χ2n) is 0.448. The average Bonchev–Trinajstić information content (AvgIpc) is 1.35. The van der Waals surface area contributed by atoms with Gasteiger partial charge in [-0.25, -0.2) is 10.1 Å². The molecule has 0 aliphatic heterocycles. The van der Waals surface area contributed by atoms with Crippen LogP contribution >= 0.6 is 0 Å². The molecule has 0 radical (unpaired) electrons. The van der Waals surface area contributed by atoms with Gasteiger partial charge in [0.15, 0.2) is 4.92 Å². The second kappa shape index (κ2) is 1.96. The molecule has 0 heterocycles. The van der Waals surface area contributed by atoms with Crippen molar-refractivity contribution in [3.63, 3.8) is 0 Å². The Kier molecular flexibility index (Phi) is 1.53. The fourth-order valence-corrected chi connectivity index (χ4v) is 0.0333. The van der Waals surface area contributed by atoms with Gasteiger partial charge in [-0.1, -0.05) is 0 Å². The summed E-state index contributed by atoms with van der Waals surface area (Å²) in [5.41, 5.74) is 0. The van der Waals surface area contributed by atoms with E-state index < -0.39 is 4.92 Å². The Morgan fingerprint density at radius 3 is 2.33 bits per heavy atom. The quantitative estimate of drug-likeness (QED) is 0.182. The second-order valence-corrected chi connectivity index (χ2v) is 0.448. The molecule has 0 aliphatic rings. The fourth-order valence-electron chi connectivity index (χ4n) is 0.0333. The van der Waals surface area contributed by atoms with Crippen molar-refractivity contribution in [2.75, 3.05) is 0 Å². The molecule has 0 saturated carbocycles. The van der Waals surface area contributed by atoms with Crippen molar-refractivity contribution in [2.45, 2.75) is 0 Å². The van der Waals surface area contributed by atoms with Gasteiger partial charge in [-0.15, -0.1) is 0 Å². The van der Waals surface area contributed by atoms with Gasteiger partial charge in [0.2, 0.25) is 0 Å². The lowest BCUT2D eigenvalue weighted by molar-refractivity contribution is -0.379. The van der Waals surface area contributed by atoms with Crippen molar-refractivity contribution in [2.24, 2.45) is 0 Å². The number of hydrogen-bond acceptors (Lipinski definition) is 3. The van der Waals surface area contributed by atoms with Crippen LogP contribution in [0.4, 0.5) is 0 Å². The van der Waals surface area contributed by atoms with E-state index in [4.69, 9.17) is 15.3 Å². The molecule has 0 bridgehead atoms. The largest absolute Gasteiger partial charge is 0.701 e. The highest BCUT2D eigenvalue weighted by Crippen LogP contribution is 1.58. The lowest BCUT2D eigenvalue weighted by Crippen LogP contribution is -1.79. The summed E-state index contributed by atoms with van der Waals surface area (Å²) in [5, 5.41) is 19.5. The van der Waals surface area contributed by atoms with Crippen LogP contribution in [0.15, 0.2) is 0 Å². The summed E-state index contributed by atoms with van der Waals surface area (Å²) in [6, 6.07) is 0. The molecule has 0 rings (SSSR count). The van der Waals surface area contributed by atoms with Crippen LogP contribution < -0.4 is 0 Å². The highest BCUT2D eigenvalue weighted by atomic mass is 16.6. The van der Waals surface area contributed by atoms with E-state index in [0.29, 0.717) is 0 Å². The van der Waals surface area contributed by atoms with E-state index in [1.165, 1.54) is 0 Å². The number of nitrogens with zero attached hydrogens (tertiary/aromatic N) is 2. The van der Waals surface area contributed by atoms with Crippen LogP contribution in [0.3, 0.4) is 0 Å². The van der Waals surface area contributed by atoms with Crippen molar-refractivity contribution in [1.82, 2.24) is 0 Å². The molecule has 0 amide bonds. The molecular formula is CN2O3. The summed E-state index contributed by atoms with van der Waals surface area (Å²) in [4.78, 5) is 7.95. The maximum Gasteiger partial charge on any atom is 0.701 e. The van der Waals surface area contributed by atoms with Gasteiger partial charge in [0.05, 0.1) is 5.01 Å². The summed E-state index contributed by atoms with van der Waals surface area (Å²) in [6.45, 7) is 0. The van der Waals surface area contributed by atoms with Crippen LogP contribution in [-0.4, -0.2) is 4.92 Å². The standard InChI is InChI=1S/CN2O3/c4-2-1-3(5)6. The Hall–Kier alpha value is -1.31. The first kappa shape index (κ1) is 4.69. The minimum Gasteiger partial charge on any atom is -0.493 e. The third kappa shape index (κ3) is 2.69. The zero-order valence-electron chi connectivity index (χ0n) is 2.62. The van der Waals surface area contributed by atoms with Crippen LogP contribution in [0.25, 0.3) is 5.01 Å². The highest BCUT2D eigenvalue weighted by molar-refractivity contribution is 4.72. The molecule has 0 unspecified atom stereocenters. The van der Waals surface area contributed by atoms with Crippen molar-refractivity contribution in [3.8, 4) is 6.19 Å². The van der Waals surface area contributed by atoms with E-state index >= 15 is 0 Å². The fraction of sp³-hybridized carbons (Fsp3) is 0. The van der Waals surface area contributed by atoms with Gasteiger partial charge in [-0.2, -0.15) is 0 Å². The van der Waals surface area contributed by atoms with Crippen molar-refractivity contribution in [3.05, 3.63) is 20.3 Å². The predicted molar refractivity (Wildman–Crippen MR) is 17.6 cm³/mol. The molecule has 0 aromatic rings. The Morgan fingerprint density at radius 2 is 2.33 bits per heavy atom. The molecule has 6 heavy (non-hydrogen) atoms. The summed E-state index contributed by atoms with van der Waals surface area (Å²) in [6.07, 6.45) is 1.00. The molecular weight excluding hydrogens is 88.0 g/mol. The first-order valence-corrected chi connectivity index (χ1v) is 0.995. The van der Waals surface area contributed by atoms with Crippen LogP contribution in [0.2, 0.25) is 0 Å². The van der Waals surface area contributed by atoms with Gasteiger partial charge in [0.25, 0.3) is 0 Å². The topological polar surface area (TPSA) is 70.6 Å².